The van der Waals surface area contributed by atoms with Crippen molar-refractivity contribution in [3.8, 4) is 0 Å². The molecule has 144 valence electrons. The number of aromatic nitrogens is 2. The molecule has 0 aliphatic rings. The number of carbonyl (C=O) groups excluding carboxylic acids is 1. The Hall–Kier alpha value is -2.74. The highest BCUT2D eigenvalue weighted by Gasteiger charge is 2.24. The number of hydrogen-bond donors (Lipinski definition) is 1. The molecule has 0 amide bonds. The van der Waals surface area contributed by atoms with Crippen molar-refractivity contribution in [2.24, 2.45) is 7.05 Å². The van der Waals surface area contributed by atoms with Crippen molar-refractivity contribution < 1.29 is 13.9 Å². The van der Waals surface area contributed by atoms with Gasteiger partial charge in [-0.1, -0.05) is 19.9 Å². The molecule has 2 heterocycles. The van der Waals surface area contributed by atoms with Crippen molar-refractivity contribution in [2.75, 3.05) is 11.9 Å². The molecule has 0 saturated heterocycles. The number of carbonyl (C=O) groups is 1. The maximum absolute atomic E-state index is 14.2. The molecule has 0 spiro atoms. The summed E-state index contributed by atoms with van der Waals surface area (Å²) >= 11 is 1.14. The van der Waals surface area contributed by atoms with Crippen LogP contribution in [0.25, 0.3) is 10.2 Å². The molecule has 6 nitrogen and oxygen atoms in total. The lowest BCUT2D eigenvalue weighted by atomic mass is 10.2. The van der Waals surface area contributed by atoms with Crippen LogP contribution in [0.2, 0.25) is 0 Å². The van der Waals surface area contributed by atoms with Crippen molar-refractivity contribution in [1.29, 1.82) is 0 Å². The highest BCUT2D eigenvalue weighted by atomic mass is 32.1. The summed E-state index contributed by atoms with van der Waals surface area (Å²) in [7, 11) is 1.51. The van der Waals surface area contributed by atoms with Crippen LogP contribution in [0.4, 0.5) is 15.9 Å². The van der Waals surface area contributed by atoms with E-state index in [0.29, 0.717) is 4.70 Å². The maximum atomic E-state index is 14.2. The summed E-state index contributed by atoms with van der Waals surface area (Å²) in [5, 5.41) is 2.85. The number of rotatable bonds is 4. The van der Waals surface area contributed by atoms with Crippen LogP contribution in [0.5, 0.6) is 0 Å². The fourth-order valence-electron chi connectivity index (χ4n) is 2.50. The van der Waals surface area contributed by atoms with Gasteiger partial charge in [0.25, 0.3) is 5.56 Å². The van der Waals surface area contributed by atoms with Crippen LogP contribution >= 0.6 is 11.3 Å². The fraction of sp³-hybridized carbons (Fsp3) is 0.316. The molecule has 0 fully saturated rings. The molecule has 1 aromatic carbocycles. The van der Waals surface area contributed by atoms with E-state index in [-0.39, 0.29) is 34.8 Å². The molecule has 3 rings (SSSR count). The number of thiazole rings is 1. The first kappa shape index (κ1) is 20.6. The lowest BCUT2D eigenvalue weighted by molar-refractivity contribution is 0.0529. The number of fused-ring (bicyclic) bond motifs is 1. The molecule has 1 N–H and O–H groups in total. The number of esters is 1. The van der Waals surface area contributed by atoms with Crippen LogP contribution in [-0.2, 0) is 11.8 Å². The van der Waals surface area contributed by atoms with E-state index >= 15 is 0 Å². The zero-order chi connectivity index (χ0) is 20.1. The van der Waals surface area contributed by atoms with Crippen molar-refractivity contribution in [3.05, 3.63) is 51.0 Å². The summed E-state index contributed by atoms with van der Waals surface area (Å²) < 4.78 is 20.9. The molecule has 0 bridgehead atoms. The highest BCUT2D eigenvalue weighted by Crippen LogP contribution is 2.29. The Morgan fingerprint density at radius 3 is 2.70 bits per heavy atom. The van der Waals surface area contributed by atoms with Gasteiger partial charge >= 0.3 is 5.97 Å². The first-order chi connectivity index (χ1) is 12.9. The third-order valence-corrected chi connectivity index (χ3v) is 4.55. The zero-order valence-corrected chi connectivity index (χ0v) is 16.7. The van der Waals surface area contributed by atoms with E-state index in [1.165, 1.54) is 23.2 Å². The lowest BCUT2D eigenvalue weighted by Crippen LogP contribution is -2.23. The Morgan fingerprint density at radius 1 is 1.37 bits per heavy atom. The summed E-state index contributed by atoms with van der Waals surface area (Å²) in [6.07, 6.45) is 0. The summed E-state index contributed by atoms with van der Waals surface area (Å²) in [6, 6.07) is 4.65. The first-order valence-electron chi connectivity index (χ1n) is 8.60. The molecule has 2 aromatic heterocycles. The number of ether oxygens (including phenoxy) is 1. The van der Waals surface area contributed by atoms with Gasteiger partial charge in [-0.25, -0.2) is 14.2 Å². The number of nitrogens with zero attached hydrogens (tertiary/aromatic N) is 2. The third-order valence-electron chi connectivity index (χ3n) is 3.73. The van der Waals surface area contributed by atoms with Crippen molar-refractivity contribution >= 4 is 39.0 Å². The minimum atomic E-state index is -0.621. The number of aryl methyl sites for hydroxylation is 1. The summed E-state index contributed by atoms with van der Waals surface area (Å²) in [5.74, 6) is -0.964. The number of pyridine rings is 1. The summed E-state index contributed by atoms with van der Waals surface area (Å²) in [4.78, 5) is 29.1. The van der Waals surface area contributed by atoms with Crippen LogP contribution in [-0.4, -0.2) is 22.1 Å². The van der Waals surface area contributed by atoms with Crippen LogP contribution in [0.15, 0.2) is 28.5 Å². The summed E-state index contributed by atoms with van der Waals surface area (Å²) in [5.41, 5.74) is 2.45. The van der Waals surface area contributed by atoms with Gasteiger partial charge in [0.2, 0.25) is 0 Å². The Bertz CT molecular complexity index is 1030. The number of anilines is 2. The van der Waals surface area contributed by atoms with E-state index in [4.69, 9.17) is 4.74 Å². The molecular weight excluding hydrogens is 369 g/mol. The topological polar surface area (TPSA) is 73.2 Å². The zero-order valence-electron chi connectivity index (χ0n) is 15.9. The van der Waals surface area contributed by atoms with Gasteiger partial charge in [0.1, 0.15) is 27.4 Å². The van der Waals surface area contributed by atoms with Gasteiger partial charge in [-0.15, -0.1) is 11.3 Å². The SMILES string of the molecule is CC.CCOC(=O)c1c(Nc2ccc(C)cc2F)n(C)c(=O)c2scnc12. The predicted molar refractivity (Wildman–Crippen MR) is 107 cm³/mol. The molecule has 27 heavy (non-hydrogen) atoms. The van der Waals surface area contributed by atoms with Crippen LogP contribution in [0.3, 0.4) is 0 Å². The van der Waals surface area contributed by atoms with E-state index in [1.54, 1.807) is 26.0 Å². The smallest absolute Gasteiger partial charge is 0.344 e. The average molecular weight is 391 g/mol. The Morgan fingerprint density at radius 2 is 2.07 bits per heavy atom. The van der Waals surface area contributed by atoms with E-state index in [2.05, 4.69) is 10.3 Å². The fourth-order valence-corrected chi connectivity index (χ4v) is 3.27. The molecule has 0 atom stereocenters. The maximum Gasteiger partial charge on any atom is 0.344 e. The summed E-state index contributed by atoms with van der Waals surface area (Å²) in [6.45, 7) is 7.63. The molecule has 0 unspecified atom stereocenters. The van der Waals surface area contributed by atoms with Gasteiger partial charge < -0.3 is 10.1 Å². The Labute approximate surface area is 160 Å². The minimum Gasteiger partial charge on any atom is -0.462 e. The largest absolute Gasteiger partial charge is 0.462 e. The van der Waals surface area contributed by atoms with Gasteiger partial charge in [-0.2, -0.15) is 0 Å². The van der Waals surface area contributed by atoms with Crippen molar-refractivity contribution in [1.82, 2.24) is 9.55 Å². The second-order valence-electron chi connectivity index (χ2n) is 5.45. The van der Waals surface area contributed by atoms with Gasteiger partial charge in [0.05, 0.1) is 17.8 Å². The molecule has 0 aliphatic carbocycles. The normalized spacial score (nSPS) is 10.3. The monoisotopic (exact) mass is 391 g/mol. The van der Waals surface area contributed by atoms with Gasteiger partial charge in [-0.3, -0.25) is 9.36 Å². The van der Waals surface area contributed by atoms with Crippen molar-refractivity contribution in [3.63, 3.8) is 0 Å². The molecule has 0 radical (unpaired) electrons. The van der Waals surface area contributed by atoms with Crippen LogP contribution in [0.1, 0.15) is 36.7 Å². The van der Waals surface area contributed by atoms with E-state index in [9.17, 15) is 14.0 Å². The van der Waals surface area contributed by atoms with Gasteiger partial charge in [0, 0.05) is 7.05 Å². The number of halogens is 1. The molecule has 3 aromatic rings. The molecule has 0 aliphatic heterocycles. The standard InChI is InChI=1S/C17H16FN3O3S.C2H6/c1-4-24-17(23)12-13-14(25-8-19-13)16(22)21(3)15(12)20-11-6-5-9(2)7-10(11)18;1-2/h5-8,20H,4H2,1-3H3;1-2H3. The van der Waals surface area contributed by atoms with E-state index in [1.807, 2.05) is 13.8 Å². The second kappa shape index (κ2) is 8.77. The Balaban J connectivity index is 0.00000126. The molecular formula is C19H22FN3O3S. The number of benzene rings is 1. The molecule has 8 heteroatoms. The lowest BCUT2D eigenvalue weighted by Gasteiger charge is -2.16. The van der Waals surface area contributed by atoms with Crippen LogP contribution in [0, 0.1) is 12.7 Å². The van der Waals surface area contributed by atoms with Gasteiger partial charge in [0.15, 0.2) is 0 Å². The Kier molecular flexibility index (Phi) is 6.68. The highest BCUT2D eigenvalue weighted by molar-refractivity contribution is 7.16. The molecule has 0 saturated carbocycles. The third kappa shape index (κ3) is 4.00. The van der Waals surface area contributed by atoms with Gasteiger partial charge in [-0.05, 0) is 31.5 Å². The van der Waals surface area contributed by atoms with Crippen LogP contribution < -0.4 is 10.9 Å². The van der Waals surface area contributed by atoms with E-state index < -0.39 is 11.8 Å². The average Bonchev–Trinajstić information content (AvgIpc) is 3.13. The predicted octanol–water partition coefficient (Wildman–Crippen LogP) is 4.39. The minimum absolute atomic E-state index is 0.111. The second-order valence-corrected chi connectivity index (χ2v) is 6.30. The number of hydrogen-bond acceptors (Lipinski definition) is 6. The number of nitrogens with one attached hydrogen (secondary N) is 1. The van der Waals surface area contributed by atoms with Crippen molar-refractivity contribution in [2.45, 2.75) is 27.7 Å². The van der Waals surface area contributed by atoms with E-state index in [0.717, 1.165) is 16.9 Å². The quantitative estimate of drug-likeness (QED) is 0.668. The first-order valence-corrected chi connectivity index (χ1v) is 9.48.